The summed E-state index contributed by atoms with van der Waals surface area (Å²) in [4.78, 5) is 18.7. The predicted octanol–water partition coefficient (Wildman–Crippen LogP) is 1.74. The normalized spacial score (nSPS) is 19.5. The maximum Gasteiger partial charge on any atom is 0.256 e. The van der Waals surface area contributed by atoms with Crippen LogP contribution in [0.2, 0.25) is 0 Å². The molecule has 0 saturated carbocycles. The first-order valence-corrected chi connectivity index (χ1v) is 9.38. The molecule has 1 aromatic heterocycles. The van der Waals surface area contributed by atoms with E-state index in [0.29, 0.717) is 37.6 Å². The van der Waals surface area contributed by atoms with Crippen molar-refractivity contribution in [3.8, 4) is 11.5 Å². The van der Waals surface area contributed by atoms with Crippen LogP contribution < -0.4 is 14.8 Å². The largest absolute Gasteiger partial charge is 0.493 e. The van der Waals surface area contributed by atoms with Crippen molar-refractivity contribution in [1.82, 2.24) is 15.2 Å². The number of nitrogens with one attached hydrogen (secondary N) is 1. The SMILES string of the molecule is COc1cccc(CN2CCC[C@@](O)(CNCc3ccncc3)C2=O)c1OC. The third-order valence-electron chi connectivity index (χ3n) is 5.05. The highest BCUT2D eigenvalue weighted by molar-refractivity contribution is 5.86. The number of piperidine rings is 1. The molecule has 2 N–H and O–H groups in total. The number of pyridine rings is 1. The molecule has 0 aliphatic carbocycles. The average molecular weight is 385 g/mol. The van der Waals surface area contributed by atoms with E-state index in [9.17, 15) is 9.90 Å². The van der Waals surface area contributed by atoms with Gasteiger partial charge in [0.25, 0.3) is 5.91 Å². The number of ether oxygens (including phenoxy) is 2. The molecule has 2 aromatic rings. The zero-order valence-corrected chi connectivity index (χ0v) is 16.4. The van der Waals surface area contributed by atoms with Crippen molar-refractivity contribution in [2.24, 2.45) is 0 Å². The number of hydrogen-bond acceptors (Lipinski definition) is 6. The monoisotopic (exact) mass is 385 g/mol. The van der Waals surface area contributed by atoms with Crippen LogP contribution in [-0.2, 0) is 17.9 Å². The lowest BCUT2D eigenvalue weighted by molar-refractivity contribution is -0.157. The number of aromatic nitrogens is 1. The van der Waals surface area contributed by atoms with Gasteiger partial charge in [-0.2, -0.15) is 0 Å². The number of rotatable bonds is 8. The summed E-state index contributed by atoms with van der Waals surface area (Å²) >= 11 is 0. The quantitative estimate of drug-likeness (QED) is 0.720. The smallest absolute Gasteiger partial charge is 0.256 e. The van der Waals surface area contributed by atoms with Crippen molar-refractivity contribution in [2.75, 3.05) is 27.3 Å². The van der Waals surface area contributed by atoms with E-state index in [1.54, 1.807) is 31.5 Å². The Hall–Kier alpha value is -2.64. The van der Waals surface area contributed by atoms with Gasteiger partial charge >= 0.3 is 0 Å². The number of carbonyl (C=O) groups is 1. The summed E-state index contributed by atoms with van der Waals surface area (Å²) < 4.78 is 10.8. The number of amides is 1. The van der Waals surface area contributed by atoms with E-state index >= 15 is 0 Å². The Morgan fingerprint density at radius 2 is 2.00 bits per heavy atom. The number of hydrogen-bond donors (Lipinski definition) is 2. The van der Waals surface area contributed by atoms with E-state index in [4.69, 9.17) is 9.47 Å². The third kappa shape index (κ3) is 4.43. The predicted molar refractivity (Wildman–Crippen MR) is 105 cm³/mol. The number of aliphatic hydroxyl groups is 1. The zero-order chi connectivity index (χ0) is 20.0. The summed E-state index contributed by atoms with van der Waals surface area (Å²) in [6.07, 6.45) is 4.63. The van der Waals surface area contributed by atoms with Gasteiger partial charge in [0.2, 0.25) is 0 Å². The number of nitrogens with zero attached hydrogens (tertiary/aromatic N) is 2. The molecule has 1 aromatic carbocycles. The molecule has 1 aliphatic rings. The summed E-state index contributed by atoms with van der Waals surface area (Å²) in [5.74, 6) is 0.979. The topological polar surface area (TPSA) is 83.9 Å². The minimum absolute atomic E-state index is 0.208. The van der Waals surface area contributed by atoms with Gasteiger partial charge in [-0.3, -0.25) is 9.78 Å². The van der Waals surface area contributed by atoms with Crippen molar-refractivity contribution in [1.29, 1.82) is 0 Å². The van der Waals surface area contributed by atoms with Crippen LogP contribution in [0, 0.1) is 0 Å². The van der Waals surface area contributed by atoms with E-state index in [-0.39, 0.29) is 12.5 Å². The van der Waals surface area contributed by atoms with Crippen LogP contribution in [0.25, 0.3) is 0 Å². The molecule has 1 amide bonds. The standard InChI is InChI=1S/C21H27N3O4/c1-27-18-6-3-5-17(19(18)28-2)14-24-12-4-9-21(26,20(24)25)15-23-13-16-7-10-22-11-8-16/h3,5-8,10-11,23,26H,4,9,12-15H2,1-2H3/t21-/m1/s1. The van der Waals surface area contributed by atoms with E-state index in [2.05, 4.69) is 10.3 Å². The first-order valence-electron chi connectivity index (χ1n) is 9.38. The molecule has 0 radical (unpaired) electrons. The number of carbonyl (C=O) groups excluding carboxylic acids is 1. The molecular weight excluding hydrogens is 358 g/mol. The Morgan fingerprint density at radius 3 is 2.71 bits per heavy atom. The summed E-state index contributed by atoms with van der Waals surface area (Å²) in [5, 5.41) is 14.2. The fraction of sp³-hybridized carbons (Fsp3) is 0.429. The Balaban J connectivity index is 1.66. The van der Waals surface area contributed by atoms with E-state index in [1.165, 1.54) is 0 Å². The van der Waals surface area contributed by atoms with Crippen LogP contribution in [0.15, 0.2) is 42.7 Å². The Morgan fingerprint density at radius 1 is 1.21 bits per heavy atom. The van der Waals surface area contributed by atoms with Crippen LogP contribution in [0.4, 0.5) is 0 Å². The molecular formula is C21H27N3O4. The number of para-hydroxylation sites is 1. The Bertz CT molecular complexity index is 799. The number of benzene rings is 1. The highest BCUT2D eigenvalue weighted by Gasteiger charge is 2.42. The fourth-order valence-electron chi connectivity index (χ4n) is 3.58. The highest BCUT2D eigenvalue weighted by atomic mass is 16.5. The van der Waals surface area contributed by atoms with Crippen molar-refractivity contribution in [3.05, 3.63) is 53.9 Å². The first kappa shape index (κ1) is 20.1. The maximum absolute atomic E-state index is 13.0. The van der Waals surface area contributed by atoms with Gasteiger partial charge in [-0.05, 0) is 36.6 Å². The van der Waals surface area contributed by atoms with Gasteiger partial charge in [0.05, 0.1) is 14.2 Å². The summed E-state index contributed by atoms with van der Waals surface area (Å²) in [6.45, 7) is 1.75. The highest BCUT2D eigenvalue weighted by Crippen LogP contribution is 2.33. The van der Waals surface area contributed by atoms with Crippen molar-refractivity contribution < 1.29 is 19.4 Å². The van der Waals surface area contributed by atoms with Gasteiger partial charge in [0.15, 0.2) is 17.1 Å². The van der Waals surface area contributed by atoms with Gasteiger partial charge < -0.3 is 24.8 Å². The summed E-state index contributed by atoms with van der Waals surface area (Å²) in [5.41, 5.74) is 0.501. The second kappa shape index (κ2) is 9.03. The Labute approximate surface area is 165 Å². The molecule has 3 rings (SSSR count). The number of likely N-dealkylation sites (tertiary alicyclic amines) is 1. The number of methoxy groups -OCH3 is 2. The molecule has 7 nitrogen and oxygen atoms in total. The van der Waals surface area contributed by atoms with Gasteiger partial charge in [0.1, 0.15) is 0 Å². The minimum atomic E-state index is -1.41. The van der Waals surface area contributed by atoms with Crippen molar-refractivity contribution in [2.45, 2.75) is 31.5 Å². The van der Waals surface area contributed by atoms with Crippen LogP contribution >= 0.6 is 0 Å². The zero-order valence-electron chi connectivity index (χ0n) is 16.4. The van der Waals surface area contributed by atoms with Gasteiger partial charge in [-0.25, -0.2) is 0 Å². The van der Waals surface area contributed by atoms with Crippen molar-refractivity contribution in [3.63, 3.8) is 0 Å². The lowest BCUT2D eigenvalue weighted by atomic mass is 9.91. The second-order valence-electron chi connectivity index (χ2n) is 6.97. The van der Waals surface area contributed by atoms with Gasteiger partial charge in [-0.1, -0.05) is 12.1 Å². The van der Waals surface area contributed by atoms with Crippen LogP contribution in [0.5, 0.6) is 11.5 Å². The molecule has 2 heterocycles. The van der Waals surface area contributed by atoms with Crippen LogP contribution in [0.1, 0.15) is 24.0 Å². The fourth-order valence-corrected chi connectivity index (χ4v) is 3.58. The molecule has 28 heavy (non-hydrogen) atoms. The molecule has 1 saturated heterocycles. The molecule has 1 fully saturated rings. The third-order valence-corrected chi connectivity index (χ3v) is 5.05. The summed E-state index contributed by atoms with van der Waals surface area (Å²) in [6, 6.07) is 9.40. The van der Waals surface area contributed by atoms with Gasteiger partial charge in [-0.15, -0.1) is 0 Å². The molecule has 0 unspecified atom stereocenters. The molecule has 0 spiro atoms. The molecule has 7 heteroatoms. The van der Waals surface area contributed by atoms with Crippen molar-refractivity contribution >= 4 is 5.91 Å². The summed E-state index contributed by atoms with van der Waals surface area (Å²) in [7, 11) is 3.17. The lowest BCUT2D eigenvalue weighted by Gasteiger charge is -2.38. The molecule has 1 aliphatic heterocycles. The Kier molecular flexibility index (Phi) is 6.49. The van der Waals surface area contributed by atoms with E-state index in [1.807, 2.05) is 30.3 Å². The average Bonchev–Trinajstić information content (AvgIpc) is 2.72. The van der Waals surface area contributed by atoms with Crippen LogP contribution in [-0.4, -0.2) is 53.8 Å². The molecule has 150 valence electrons. The second-order valence-corrected chi connectivity index (χ2v) is 6.97. The van der Waals surface area contributed by atoms with Gasteiger partial charge in [0, 0.05) is 44.1 Å². The van der Waals surface area contributed by atoms with E-state index < -0.39 is 5.60 Å². The maximum atomic E-state index is 13.0. The molecule has 1 atom stereocenters. The molecule has 0 bridgehead atoms. The first-order chi connectivity index (χ1) is 13.6. The van der Waals surface area contributed by atoms with E-state index in [0.717, 1.165) is 17.5 Å². The minimum Gasteiger partial charge on any atom is -0.493 e. The lowest BCUT2D eigenvalue weighted by Crippen LogP contribution is -2.57. The van der Waals surface area contributed by atoms with Crippen LogP contribution in [0.3, 0.4) is 0 Å².